The molecule has 0 saturated carbocycles. The molecule has 0 unspecified atom stereocenters. The van der Waals surface area contributed by atoms with Gasteiger partial charge in [0, 0.05) is 17.4 Å². The molecule has 1 heterocycles. The third-order valence-electron chi connectivity index (χ3n) is 6.79. The van der Waals surface area contributed by atoms with Crippen LogP contribution >= 0.6 is 0 Å². The van der Waals surface area contributed by atoms with E-state index in [9.17, 15) is 45.4 Å². The molecule has 0 fully saturated rings. The summed E-state index contributed by atoms with van der Waals surface area (Å²) < 4.78 is 102. The monoisotopic (exact) mass is 662 g/mol. The number of halogens is 7. The van der Waals surface area contributed by atoms with Crippen LogP contribution < -0.4 is 10.6 Å². The quantitative estimate of drug-likeness (QED) is 0.161. The summed E-state index contributed by atoms with van der Waals surface area (Å²) in [6, 6.07) is 10.7. The Labute approximate surface area is 260 Å². The number of aliphatic hydroxyl groups is 1. The molecule has 1 aromatic heterocycles. The average Bonchev–Trinajstić information content (AvgIpc) is 3.36. The van der Waals surface area contributed by atoms with Gasteiger partial charge in [-0.1, -0.05) is 0 Å². The normalized spacial score (nSPS) is 14.4. The molecule has 2 amide bonds. The summed E-state index contributed by atoms with van der Waals surface area (Å²) in [6.45, 7) is 1.21. The topological polar surface area (TPSA) is 153 Å². The lowest BCUT2D eigenvalue weighted by molar-refractivity contribution is -0.237. The molecule has 10 nitrogen and oxygen atoms in total. The molecular weight excluding hydrogens is 641 g/mol. The highest BCUT2D eigenvalue weighted by Gasteiger charge is 2.46. The second-order valence-electron chi connectivity index (χ2n) is 10.5. The molecular formula is C30H21F7N6O4. The summed E-state index contributed by atoms with van der Waals surface area (Å²) in [5.41, 5.74) is -7.17. The highest BCUT2D eigenvalue weighted by atomic mass is 19.4. The van der Waals surface area contributed by atoms with E-state index in [4.69, 9.17) is 15.3 Å². The molecule has 0 spiro atoms. The lowest BCUT2D eigenvalue weighted by Gasteiger charge is -2.35. The Kier molecular flexibility index (Phi) is 9.03. The first-order chi connectivity index (χ1) is 21.8. The van der Waals surface area contributed by atoms with Crippen LogP contribution in [0.5, 0.6) is 0 Å². The van der Waals surface area contributed by atoms with Crippen LogP contribution in [-0.4, -0.2) is 37.9 Å². The van der Waals surface area contributed by atoms with Crippen LogP contribution in [0.1, 0.15) is 36.1 Å². The molecule has 4 rings (SSSR count). The number of anilines is 2. The summed E-state index contributed by atoms with van der Waals surface area (Å²) in [6.07, 6.45) is -8.79. The fraction of sp³-hybridized carbons (Fsp3) is 0.233. The molecule has 3 N–H and O–H groups in total. The van der Waals surface area contributed by atoms with E-state index >= 15 is 0 Å². The number of hydrogen-bond acceptors (Lipinski definition) is 7. The fourth-order valence-corrected chi connectivity index (χ4v) is 4.54. The zero-order valence-corrected chi connectivity index (χ0v) is 24.1. The summed E-state index contributed by atoms with van der Waals surface area (Å²) in [5, 5.41) is 33.4. The Bertz CT molecular complexity index is 1960. The van der Waals surface area contributed by atoms with Gasteiger partial charge in [0.1, 0.15) is 5.82 Å². The number of rotatable bonds is 8. The molecule has 0 bridgehead atoms. The van der Waals surface area contributed by atoms with E-state index < -0.39 is 81.5 Å². The van der Waals surface area contributed by atoms with E-state index in [0.717, 1.165) is 56.6 Å². The molecule has 0 aliphatic rings. The maximum absolute atomic E-state index is 13.8. The molecule has 4 aromatic rings. The van der Waals surface area contributed by atoms with Crippen molar-refractivity contribution < 1.29 is 50.2 Å². The summed E-state index contributed by atoms with van der Waals surface area (Å²) in [4.78, 5) is 30.8. The zero-order chi connectivity index (χ0) is 34.9. The van der Waals surface area contributed by atoms with Crippen LogP contribution in [0.2, 0.25) is 0 Å². The number of hydrogen-bond donors (Lipinski definition) is 3. The summed E-state index contributed by atoms with van der Waals surface area (Å²) in [7, 11) is 0. The number of nitrogens with one attached hydrogen (secondary N) is 2. The van der Waals surface area contributed by atoms with Crippen molar-refractivity contribution in [1.82, 2.24) is 9.55 Å². The molecule has 0 radical (unpaired) electrons. The number of imidazole rings is 1. The number of aromatic nitrogens is 2. The minimum absolute atomic E-state index is 0.125. The van der Waals surface area contributed by atoms with Crippen molar-refractivity contribution in [3.05, 3.63) is 89.0 Å². The molecule has 0 saturated heterocycles. The number of ether oxygens (including phenoxy) is 1. The Morgan fingerprint density at radius 1 is 0.851 bits per heavy atom. The molecule has 47 heavy (non-hydrogen) atoms. The van der Waals surface area contributed by atoms with Crippen LogP contribution in [0, 0.1) is 28.5 Å². The van der Waals surface area contributed by atoms with Gasteiger partial charge in [-0.15, -0.1) is 0 Å². The molecule has 244 valence electrons. The first-order valence-corrected chi connectivity index (χ1v) is 13.2. The molecule has 0 aliphatic heterocycles. The highest BCUT2D eigenvalue weighted by molar-refractivity contribution is 5.99. The van der Waals surface area contributed by atoms with Crippen molar-refractivity contribution in [2.24, 2.45) is 0 Å². The lowest BCUT2D eigenvalue weighted by Crippen LogP contribution is -2.55. The van der Waals surface area contributed by atoms with Crippen molar-refractivity contribution in [2.45, 2.75) is 44.1 Å². The van der Waals surface area contributed by atoms with Gasteiger partial charge in [0.15, 0.2) is 5.60 Å². The van der Waals surface area contributed by atoms with Crippen molar-refractivity contribution >= 4 is 34.2 Å². The Morgan fingerprint density at radius 3 is 1.85 bits per heavy atom. The van der Waals surface area contributed by atoms with E-state index in [-0.39, 0.29) is 11.0 Å². The van der Waals surface area contributed by atoms with Crippen molar-refractivity contribution in [1.29, 1.82) is 10.5 Å². The van der Waals surface area contributed by atoms with E-state index in [0.29, 0.717) is 12.1 Å². The maximum Gasteiger partial charge on any atom is 0.417 e. The maximum atomic E-state index is 13.8. The number of nitriles is 2. The second-order valence-corrected chi connectivity index (χ2v) is 10.5. The molecule has 17 heteroatoms. The van der Waals surface area contributed by atoms with E-state index in [1.165, 1.54) is 22.8 Å². The highest BCUT2D eigenvalue weighted by Crippen LogP contribution is 2.36. The predicted molar refractivity (Wildman–Crippen MR) is 149 cm³/mol. The number of nitrogens with zero attached hydrogens (tertiary/aromatic N) is 4. The van der Waals surface area contributed by atoms with Crippen LogP contribution in [0.15, 0.2) is 60.9 Å². The van der Waals surface area contributed by atoms with E-state index in [1.54, 1.807) is 0 Å². The first-order valence-electron chi connectivity index (χ1n) is 13.2. The third kappa shape index (κ3) is 7.49. The van der Waals surface area contributed by atoms with Crippen molar-refractivity contribution in [3.63, 3.8) is 0 Å². The average molecular weight is 663 g/mol. The standard InChI is InChI=1S/C30H21F7N6O4/c1-27(14-43-15-40-23-9-18(31)5-8-24(23)43,25(44)41-19-6-3-16(12-38)21(10-19)29(32,33)34)47-28(2,46)26(45)42-20-7-4-17(13-39)22(11-20)30(35,36)37/h3-11,15,46H,14H2,1-2H3,(H,41,44)(H,42,45)/t27-,28-/m0/s1. The molecule has 2 atom stereocenters. The Morgan fingerprint density at radius 2 is 1.36 bits per heavy atom. The third-order valence-corrected chi connectivity index (χ3v) is 6.79. The predicted octanol–water partition coefficient (Wildman–Crippen LogP) is 5.72. The first kappa shape index (κ1) is 34.4. The van der Waals surface area contributed by atoms with Gasteiger partial charge >= 0.3 is 12.4 Å². The molecule has 3 aromatic carbocycles. The largest absolute Gasteiger partial charge is 0.417 e. The Balaban J connectivity index is 1.70. The summed E-state index contributed by atoms with van der Waals surface area (Å²) in [5.74, 6) is -6.32. The minimum atomic E-state index is -4.98. The Hall–Kier alpha value is -5.52. The number of amides is 2. The number of alkyl halides is 6. The van der Waals surface area contributed by atoms with Gasteiger partial charge in [0.2, 0.25) is 5.79 Å². The van der Waals surface area contributed by atoms with Gasteiger partial charge in [-0.3, -0.25) is 9.59 Å². The van der Waals surface area contributed by atoms with Gasteiger partial charge in [-0.25, -0.2) is 9.37 Å². The van der Waals surface area contributed by atoms with Gasteiger partial charge in [-0.2, -0.15) is 36.9 Å². The zero-order valence-electron chi connectivity index (χ0n) is 24.1. The smallest absolute Gasteiger partial charge is 0.358 e. The van der Waals surface area contributed by atoms with Gasteiger partial charge < -0.3 is 25.0 Å². The van der Waals surface area contributed by atoms with Crippen molar-refractivity contribution in [3.8, 4) is 12.1 Å². The number of benzene rings is 3. The van der Waals surface area contributed by atoms with E-state index in [1.807, 2.05) is 5.32 Å². The minimum Gasteiger partial charge on any atom is -0.358 e. The second kappa shape index (κ2) is 12.3. The lowest BCUT2D eigenvalue weighted by atomic mass is 10.0. The van der Waals surface area contributed by atoms with Crippen LogP contribution in [-0.2, 0) is 33.2 Å². The van der Waals surface area contributed by atoms with Gasteiger partial charge in [-0.05, 0) is 62.4 Å². The number of fused-ring (bicyclic) bond motifs is 1. The van der Waals surface area contributed by atoms with Crippen molar-refractivity contribution in [2.75, 3.05) is 10.6 Å². The van der Waals surface area contributed by atoms with Crippen LogP contribution in [0.25, 0.3) is 11.0 Å². The van der Waals surface area contributed by atoms with Crippen LogP contribution in [0.3, 0.4) is 0 Å². The summed E-state index contributed by atoms with van der Waals surface area (Å²) >= 11 is 0. The molecule has 0 aliphatic carbocycles. The number of carbonyl (C=O) groups excluding carboxylic acids is 2. The fourth-order valence-electron chi connectivity index (χ4n) is 4.54. The van der Waals surface area contributed by atoms with Gasteiger partial charge in [0.05, 0.1) is 58.3 Å². The SMILES string of the molecule is C[C@](O)(O[C@@](C)(Cn1cnc2cc(F)ccc21)C(=O)Nc1ccc(C#N)c(C(F)(F)F)c1)C(=O)Nc1ccc(C#N)c(C(F)(F)F)c1. The van der Waals surface area contributed by atoms with Gasteiger partial charge in [0.25, 0.3) is 11.8 Å². The number of carbonyl (C=O) groups is 2. The van der Waals surface area contributed by atoms with E-state index in [2.05, 4.69) is 10.3 Å². The van der Waals surface area contributed by atoms with Crippen LogP contribution in [0.4, 0.5) is 42.1 Å².